The molecule has 78 valence electrons. The van der Waals surface area contributed by atoms with Crippen LogP contribution in [0.5, 0.6) is 0 Å². The summed E-state index contributed by atoms with van der Waals surface area (Å²) in [5, 5.41) is 9.48. The van der Waals surface area contributed by atoms with Gasteiger partial charge in [0.2, 0.25) is 0 Å². The Labute approximate surface area is 86.6 Å². The average Bonchev–Trinajstić information content (AvgIpc) is 2.47. The molecule has 1 rings (SSSR count). The standard InChI is InChI=1S/C9H13NO3S/c1-3-4-13-5-7-10-8(9(11)12)6(2)14-7/h3-5H2,1-2H3,(H,11,12). The third-order valence-electron chi connectivity index (χ3n) is 1.62. The van der Waals surface area contributed by atoms with Crippen LogP contribution in [0, 0.1) is 6.92 Å². The molecule has 0 saturated carbocycles. The van der Waals surface area contributed by atoms with E-state index in [2.05, 4.69) is 4.98 Å². The van der Waals surface area contributed by atoms with Gasteiger partial charge in [-0.2, -0.15) is 0 Å². The van der Waals surface area contributed by atoms with E-state index in [4.69, 9.17) is 9.84 Å². The summed E-state index contributed by atoms with van der Waals surface area (Å²) < 4.78 is 5.27. The van der Waals surface area contributed by atoms with Crippen LogP contribution in [0.2, 0.25) is 0 Å². The molecule has 0 aliphatic heterocycles. The second-order valence-corrected chi connectivity index (χ2v) is 4.16. The summed E-state index contributed by atoms with van der Waals surface area (Å²) in [5.74, 6) is -0.972. The van der Waals surface area contributed by atoms with Gasteiger partial charge < -0.3 is 9.84 Å². The lowest BCUT2D eigenvalue weighted by Gasteiger charge is -1.96. The Morgan fingerprint density at radius 2 is 2.36 bits per heavy atom. The van der Waals surface area contributed by atoms with Gasteiger partial charge in [0.05, 0.1) is 6.61 Å². The minimum absolute atomic E-state index is 0.144. The van der Waals surface area contributed by atoms with Crippen LogP contribution in [0.25, 0.3) is 0 Å². The number of thiazole rings is 1. The number of carboxylic acids is 1. The third kappa shape index (κ3) is 2.78. The van der Waals surface area contributed by atoms with Gasteiger partial charge in [-0.1, -0.05) is 6.92 Å². The van der Waals surface area contributed by atoms with Gasteiger partial charge in [0.15, 0.2) is 5.69 Å². The first-order valence-electron chi connectivity index (χ1n) is 4.42. The Kier molecular flexibility index (Phi) is 4.03. The van der Waals surface area contributed by atoms with Crippen molar-refractivity contribution in [2.75, 3.05) is 6.61 Å². The van der Waals surface area contributed by atoms with Gasteiger partial charge in [-0.05, 0) is 13.3 Å². The molecule has 0 bridgehead atoms. The Hall–Kier alpha value is -0.940. The molecule has 1 aromatic rings. The fraction of sp³-hybridized carbons (Fsp3) is 0.556. The molecular formula is C9H13NO3S. The summed E-state index contributed by atoms with van der Waals surface area (Å²) >= 11 is 1.38. The molecule has 0 aromatic carbocycles. The molecule has 1 heterocycles. The van der Waals surface area contributed by atoms with E-state index >= 15 is 0 Å². The van der Waals surface area contributed by atoms with E-state index in [-0.39, 0.29) is 5.69 Å². The molecule has 1 N–H and O–H groups in total. The van der Waals surface area contributed by atoms with Crippen molar-refractivity contribution >= 4 is 17.3 Å². The fourth-order valence-electron chi connectivity index (χ4n) is 1.02. The Balaban J connectivity index is 2.62. The van der Waals surface area contributed by atoms with Gasteiger partial charge in [0.25, 0.3) is 0 Å². The van der Waals surface area contributed by atoms with E-state index in [9.17, 15) is 4.79 Å². The van der Waals surface area contributed by atoms with E-state index in [0.717, 1.165) is 16.3 Å². The monoisotopic (exact) mass is 215 g/mol. The summed E-state index contributed by atoms with van der Waals surface area (Å²) in [7, 11) is 0. The van der Waals surface area contributed by atoms with E-state index in [1.165, 1.54) is 11.3 Å². The predicted molar refractivity (Wildman–Crippen MR) is 53.8 cm³/mol. The van der Waals surface area contributed by atoms with Crippen LogP contribution in [-0.4, -0.2) is 22.7 Å². The van der Waals surface area contributed by atoms with Crippen molar-refractivity contribution in [2.45, 2.75) is 26.9 Å². The van der Waals surface area contributed by atoms with E-state index in [1.54, 1.807) is 6.92 Å². The number of carboxylic acid groups (broad SMARTS) is 1. The smallest absolute Gasteiger partial charge is 0.355 e. The average molecular weight is 215 g/mol. The van der Waals surface area contributed by atoms with Crippen molar-refractivity contribution in [1.29, 1.82) is 0 Å². The molecule has 14 heavy (non-hydrogen) atoms. The normalized spacial score (nSPS) is 10.4. The molecule has 0 unspecified atom stereocenters. The van der Waals surface area contributed by atoms with Crippen LogP contribution in [0.1, 0.15) is 33.7 Å². The summed E-state index contributed by atoms with van der Waals surface area (Å²) in [6, 6.07) is 0. The molecule has 4 nitrogen and oxygen atoms in total. The minimum atomic E-state index is -0.972. The highest BCUT2D eigenvalue weighted by atomic mass is 32.1. The number of carbonyl (C=O) groups is 1. The number of ether oxygens (including phenoxy) is 1. The van der Waals surface area contributed by atoms with Gasteiger partial charge in [0.1, 0.15) is 5.01 Å². The lowest BCUT2D eigenvalue weighted by molar-refractivity contribution is 0.0689. The molecule has 0 amide bonds. The van der Waals surface area contributed by atoms with Crippen LogP contribution >= 0.6 is 11.3 Å². The van der Waals surface area contributed by atoms with Crippen LogP contribution in [0.15, 0.2) is 0 Å². The number of hydrogen-bond donors (Lipinski definition) is 1. The lowest BCUT2D eigenvalue weighted by atomic mass is 10.4. The molecule has 0 aliphatic carbocycles. The minimum Gasteiger partial charge on any atom is -0.476 e. The molecule has 5 heteroatoms. The van der Waals surface area contributed by atoms with Gasteiger partial charge in [-0.15, -0.1) is 11.3 Å². The molecule has 0 atom stereocenters. The molecule has 0 fully saturated rings. The highest BCUT2D eigenvalue weighted by Gasteiger charge is 2.13. The molecule has 0 aliphatic rings. The van der Waals surface area contributed by atoms with Gasteiger partial charge in [-0.3, -0.25) is 0 Å². The Bertz CT molecular complexity index is 322. The first-order chi connectivity index (χ1) is 6.65. The van der Waals surface area contributed by atoms with Gasteiger partial charge in [-0.25, -0.2) is 9.78 Å². The van der Waals surface area contributed by atoms with Crippen molar-refractivity contribution in [3.8, 4) is 0 Å². The van der Waals surface area contributed by atoms with Crippen LogP contribution in [-0.2, 0) is 11.3 Å². The summed E-state index contributed by atoms with van der Waals surface area (Å²) in [6.07, 6.45) is 0.955. The Morgan fingerprint density at radius 3 is 2.86 bits per heavy atom. The molecule has 0 spiro atoms. The van der Waals surface area contributed by atoms with Crippen molar-refractivity contribution in [2.24, 2.45) is 0 Å². The summed E-state index contributed by atoms with van der Waals surface area (Å²) in [6.45, 7) is 4.87. The van der Waals surface area contributed by atoms with Crippen LogP contribution < -0.4 is 0 Å². The van der Waals surface area contributed by atoms with Crippen LogP contribution in [0.3, 0.4) is 0 Å². The first kappa shape index (κ1) is 11.1. The number of aryl methyl sites for hydroxylation is 1. The van der Waals surface area contributed by atoms with Crippen molar-refractivity contribution in [3.05, 3.63) is 15.6 Å². The molecule has 1 aromatic heterocycles. The zero-order valence-electron chi connectivity index (χ0n) is 8.24. The number of aromatic nitrogens is 1. The number of aromatic carboxylic acids is 1. The molecule has 0 saturated heterocycles. The zero-order chi connectivity index (χ0) is 10.6. The van der Waals surface area contributed by atoms with E-state index in [0.29, 0.717) is 13.2 Å². The molecule has 0 radical (unpaired) electrons. The van der Waals surface area contributed by atoms with Crippen molar-refractivity contribution < 1.29 is 14.6 Å². The van der Waals surface area contributed by atoms with E-state index < -0.39 is 5.97 Å². The lowest BCUT2D eigenvalue weighted by Crippen LogP contribution is -1.99. The van der Waals surface area contributed by atoms with Crippen molar-refractivity contribution in [3.63, 3.8) is 0 Å². The highest BCUT2D eigenvalue weighted by molar-refractivity contribution is 7.11. The molecular weight excluding hydrogens is 202 g/mol. The zero-order valence-corrected chi connectivity index (χ0v) is 9.06. The largest absolute Gasteiger partial charge is 0.476 e. The maximum absolute atomic E-state index is 10.7. The quantitative estimate of drug-likeness (QED) is 0.764. The number of rotatable bonds is 5. The van der Waals surface area contributed by atoms with Crippen LogP contribution in [0.4, 0.5) is 0 Å². The van der Waals surface area contributed by atoms with Gasteiger partial charge >= 0.3 is 5.97 Å². The first-order valence-corrected chi connectivity index (χ1v) is 5.24. The maximum Gasteiger partial charge on any atom is 0.355 e. The second-order valence-electron chi connectivity index (χ2n) is 2.87. The predicted octanol–water partition coefficient (Wildman–Crippen LogP) is 2.08. The van der Waals surface area contributed by atoms with Gasteiger partial charge in [0, 0.05) is 11.5 Å². The summed E-state index contributed by atoms with van der Waals surface area (Å²) in [5.41, 5.74) is 0.144. The fourth-order valence-corrected chi connectivity index (χ4v) is 1.88. The topological polar surface area (TPSA) is 59.4 Å². The van der Waals surface area contributed by atoms with Crippen molar-refractivity contribution in [1.82, 2.24) is 4.98 Å². The SMILES string of the molecule is CCCOCc1nc(C(=O)O)c(C)s1. The van der Waals surface area contributed by atoms with E-state index in [1.807, 2.05) is 6.92 Å². The third-order valence-corrected chi connectivity index (χ3v) is 2.56. The number of nitrogens with zero attached hydrogens (tertiary/aromatic N) is 1. The highest BCUT2D eigenvalue weighted by Crippen LogP contribution is 2.18. The summed E-state index contributed by atoms with van der Waals surface area (Å²) in [4.78, 5) is 15.4. The maximum atomic E-state index is 10.7. The second kappa shape index (κ2) is 5.07. The Morgan fingerprint density at radius 1 is 1.64 bits per heavy atom. The number of hydrogen-bond acceptors (Lipinski definition) is 4.